The Morgan fingerprint density at radius 1 is 1.23 bits per heavy atom. The number of halogens is 1. The van der Waals surface area contributed by atoms with Crippen molar-refractivity contribution in [1.29, 1.82) is 0 Å². The summed E-state index contributed by atoms with van der Waals surface area (Å²) in [4.78, 5) is 0. The van der Waals surface area contributed by atoms with E-state index in [4.69, 9.17) is 20.6 Å². The standard InChI is InChI=1S/C8H14ClO3P/c1-3-6-11-13(10,8-5-9)12-7-4-2/h3-4H,1-2,5-8H2. The van der Waals surface area contributed by atoms with Crippen LogP contribution in [0.3, 0.4) is 0 Å². The van der Waals surface area contributed by atoms with Gasteiger partial charge in [-0.15, -0.1) is 24.8 Å². The largest absolute Gasteiger partial charge is 0.332 e. The highest BCUT2D eigenvalue weighted by Crippen LogP contribution is 2.47. The average Bonchev–Trinajstić information content (AvgIpc) is 2.12. The van der Waals surface area contributed by atoms with Crippen LogP contribution >= 0.6 is 19.2 Å². The maximum absolute atomic E-state index is 11.7. The van der Waals surface area contributed by atoms with Crippen molar-refractivity contribution in [3.05, 3.63) is 25.3 Å². The molecule has 5 heteroatoms. The smallest absolute Gasteiger partial charge is 0.304 e. The average molecular weight is 225 g/mol. The Labute approximate surface area is 83.9 Å². The zero-order valence-corrected chi connectivity index (χ0v) is 9.10. The van der Waals surface area contributed by atoms with Crippen molar-refractivity contribution in [2.75, 3.05) is 25.3 Å². The van der Waals surface area contributed by atoms with Crippen molar-refractivity contribution >= 4 is 19.2 Å². The monoisotopic (exact) mass is 224 g/mol. The van der Waals surface area contributed by atoms with Gasteiger partial charge in [0.25, 0.3) is 0 Å². The lowest BCUT2D eigenvalue weighted by atomic mass is 10.7. The summed E-state index contributed by atoms with van der Waals surface area (Å²) in [5.41, 5.74) is 0. The Balaban J connectivity index is 4.06. The van der Waals surface area contributed by atoms with E-state index in [0.29, 0.717) is 0 Å². The third-order valence-corrected chi connectivity index (χ3v) is 3.45. The minimum Gasteiger partial charge on any atom is -0.304 e. The highest BCUT2D eigenvalue weighted by atomic mass is 35.5. The molecule has 0 radical (unpaired) electrons. The van der Waals surface area contributed by atoms with Crippen LogP contribution in [0.2, 0.25) is 0 Å². The summed E-state index contributed by atoms with van der Waals surface area (Å²) in [6.07, 6.45) is 3.23. The lowest BCUT2D eigenvalue weighted by molar-refractivity contribution is 0.238. The van der Waals surface area contributed by atoms with Gasteiger partial charge in [0.2, 0.25) is 0 Å². The first-order valence-corrected chi connectivity index (χ1v) is 6.10. The van der Waals surface area contributed by atoms with Crippen LogP contribution in [0.4, 0.5) is 0 Å². The van der Waals surface area contributed by atoms with Crippen LogP contribution in [0.25, 0.3) is 0 Å². The van der Waals surface area contributed by atoms with Crippen LogP contribution in [-0.4, -0.2) is 25.3 Å². The first-order chi connectivity index (χ1) is 6.18. The van der Waals surface area contributed by atoms with E-state index in [1.165, 1.54) is 12.2 Å². The Kier molecular flexibility index (Phi) is 7.29. The van der Waals surface area contributed by atoms with Gasteiger partial charge in [-0.2, -0.15) is 0 Å². The predicted molar refractivity (Wildman–Crippen MR) is 55.5 cm³/mol. The van der Waals surface area contributed by atoms with Gasteiger partial charge in [-0.05, 0) is 0 Å². The summed E-state index contributed by atoms with van der Waals surface area (Å²) in [6, 6.07) is 0. The van der Waals surface area contributed by atoms with Crippen LogP contribution in [-0.2, 0) is 13.6 Å². The first-order valence-electron chi connectivity index (χ1n) is 3.84. The highest BCUT2D eigenvalue weighted by molar-refractivity contribution is 7.54. The second kappa shape index (κ2) is 7.34. The van der Waals surface area contributed by atoms with Gasteiger partial charge in [-0.1, -0.05) is 12.2 Å². The summed E-state index contributed by atoms with van der Waals surface area (Å²) in [5, 5.41) is 0. The minimum absolute atomic E-state index is 0.200. The predicted octanol–water partition coefficient (Wildman–Crippen LogP) is 2.82. The molecule has 0 aliphatic heterocycles. The van der Waals surface area contributed by atoms with Gasteiger partial charge in [0, 0.05) is 5.88 Å². The summed E-state index contributed by atoms with van der Waals surface area (Å²) in [6.45, 7) is 7.30. The molecule has 0 saturated heterocycles. The van der Waals surface area contributed by atoms with Gasteiger partial charge in [0.1, 0.15) is 0 Å². The molecule has 0 rings (SSSR count). The second-order valence-electron chi connectivity index (χ2n) is 2.19. The Hall–Kier alpha value is -0.0800. The van der Waals surface area contributed by atoms with Crippen molar-refractivity contribution < 1.29 is 13.6 Å². The molecule has 0 amide bonds. The number of rotatable bonds is 8. The molecule has 0 atom stereocenters. The van der Waals surface area contributed by atoms with E-state index in [1.54, 1.807) is 0 Å². The van der Waals surface area contributed by atoms with Crippen molar-refractivity contribution in [3.8, 4) is 0 Å². The highest BCUT2D eigenvalue weighted by Gasteiger charge is 2.22. The molecule has 0 bridgehead atoms. The molecule has 0 N–H and O–H groups in total. The molecule has 0 spiro atoms. The van der Waals surface area contributed by atoms with Crippen molar-refractivity contribution in [1.82, 2.24) is 0 Å². The third kappa shape index (κ3) is 6.05. The molecule has 0 aliphatic carbocycles. The minimum atomic E-state index is -3.03. The third-order valence-electron chi connectivity index (χ3n) is 1.14. The molecule has 3 nitrogen and oxygen atoms in total. The van der Waals surface area contributed by atoms with Crippen LogP contribution < -0.4 is 0 Å². The first kappa shape index (κ1) is 12.9. The number of hydrogen-bond donors (Lipinski definition) is 0. The molecule has 76 valence electrons. The van der Waals surface area contributed by atoms with E-state index >= 15 is 0 Å². The molecular weight excluding hydrogens is 211 g/mol. The normalized spacial score (nSPS) is 11.2. The summed E-state index contributed by atoms with van der Waals surface area (Å²) < 4.78 is 21.7. The Bertz CT molecular complexity index is 190. The maximum Gasteiger partial charge on any atom is 0.332 e. The lowest BCUT2D eigenvalue weighted by Gasteiger charge is -2.15. The van der Waals surface area contributed by atoms with E-state index in [2.05, 4.69) is 13.2 Å². The van der Waals surface area contributed by atoms with Gasteiger partial charge < -0.3 is 9.05 Å². The van der Waals surface area contributed by atoms with Gasteiger partial charge in [-0.3, -0.25) is 4.57 Å². The molecule has 0 aromatic carbocycles. The fourth-order valence-corrected chi connectivity index (χ4v) is 2.43. The van der Waals surface area contributed by atoms with E-state index in [1.807, 2.05) is 0 Å². The lowest BCUT2D eigenvalue weighted by Crippen LogP contribution is -2.01. The van der Waals surface area contributed by atoms with Gasteiger partial charge in [0.15, 0.2) is 0 Å². The summed E-state index contributed by atoms with van der Waals surface area (Å²) in [5.74, 6) is 0.242. The van der Waals surface area contributed by atoms with E-state index in [0.717, 1.165) is 0 Å². The Morgan fingerprint density at radius 3 is 2.00 bits per heavy atom. The second-order valence-corrected chi connectivity index (χ2v) is 4.76. The zero-order valence-electron chi connectivity index (χ0n) is 7.45. The number of hydrogen-bond acceptors (Lipinski definition) is 3. The van der Waals surface area contributed by atoms with Crippen LogP contribution in [0.5, 0.6) is 0 Å². The molecule has 0 heterocycles. The van der Waals surface area contributed by atoms with Gasteiger partial charge in [0.05, 0.1) is 19.4 Å². The van der Waals surface area contributed by atoms with Crippen LogP contribution in [0, 0.1) is 0 Å². The van der Waals surface area contributed by atoms with E-state index < -0.39 is 7.60 Å². The molecule has 0 aromatic heterocycles. The summed E-state index contributed by atoms with van der Waals surface area (Å²) >= 11 is 5.46. The fourth-order valence-electron chi connectivity index (χ4n) is 0.602. The number of alkyl halides is 1. The molecule has 0 saturated carbocycles. The Morgan fingerprint density at radius 2 is 1.69 bits per heavy atom. The SMILES string of the molecule is C=CCOP(=O)(CCCl)OCC=C. The van der Waals surface area contributed by atoms with Crippen LogP contribution in [0.15, 0.2) is 25.3 Å². The summed E-state index contributed by atoms with van der Waals surface area (Å²) in [7, 11) is -3.03. The van der Waals surface area contributed by atoms with Gasteiger partial charge >= 0.3 is 7.60 Å². The quantitative estimate of drug-likeness (QED) is 0.361. The molecule has 0 fully saturated rings. The molecule has 0 unspecified atom stereocenters. The van der Waals surface area contributed by atoms with E-state index in [-0.39, 0.29) is 25.3 Å². The molecular formula is C8H14ClO3P. The topological polar surface area (TPSA) is 35.5 Å². The van der Waals surface area contributed by atoms with Crippen molar-refractivity contribution in [3.63, 3.8) is 0 Å². The van der Waals surface area contributed by atoms with Gasteiger partial charge in [-0.25, -0.2) is 0 Å². The van der Waals surface area contributed by atoms with Crippen LogP contribution in [0.1, 0.15) is 0 Å². The fraction of sp³-hybridized carbons (Fsp3) is 0.500. The molecule has 0 aromatic rings. The van der Waals surface area contributed by atoms with Crippen molar-refractivity contribution in [2.45, 2.75) is 0 Å². The van der Waals surface area contributed by atoms with Crippen molar-refractivity contribution in [2.24, 2.45) is 0 Å². The molecule has 13 heavy (non-hydrogen) atoms. The van der Waals surface area contributed by atoms with E-state index in [9.17, 15) is 4.57 Å². The zero-order chi connectivity index (χ0) is 10.2. The maximum atomic E-state index is 11.7. The molecule has 0 aliphatic rings.